The van der Waals surface area contributed by atoms with E-state index in [1.165, 1.54) is 5.70 Å². The zero-order valence-electron chi connectivity index (χ0n) is 13.2. The number of benzene rings is 1. The van der Waals surface area contributed by atoms with Gasteiger partial charge in [0.1, 0.15) is 0 Å². The Balaban J connectivity index is 0.000000364. The van der Waals surface area contributed by atoms with Crippen molar-refractivity contribution >= 4 is 12.6 Å². The summed E-state index contributed by atoms with van der Waals surface area (Å²) in [6.45, 7) is 14.1. The molecule has 0 radical (unpaired) electrons. The molecule has 3 heteroatoms. The predicted molar refractivity (Wildman–Crippen MR) is 94.6 cm³/mol. The van der Waals surface area contributed by atoms with Crippen molar-refractivity contribution in [1.82, 2.24) is 0 Å². The van der Waals surface area contributed by atoms with Gasteiger partial charge >= 0.3 is 0 Å². The second-order valence-corrected chi connectivity index (χ2v) is 9.51. The van der Waals surface area contributed by atoms with Gasteiger partial charge in [0.15, 0.2) is 0 Å². The van der Waals surface area contributed by atoms with Gasteiger partial charge in [-0.15, -0.1) is 0 Å². The van der Waals surface area contributed by atoms with Crippen molar-refractivity contribution in [2.75, 3.05) is 20.0 Å². The Hall–Kier alpha value is -0.876. The minimum atomic E-state index is -0.948. The van der Waals surface area contributed by atoms with E-state index in [2.05, 4.69) is 56.1 Å². The molecule has 0 atom stereocenters. The van der Waals surface area contributed by atoms with E-state index in [4.69, 9.17) is 0 Å². The molecule has 1 aliphatic carbocycles. The van der Waals surface area contributed by atoms with Crippen LogP contribution in [-0.2, 0) is 21.7 Å². The SMILES string of the molecule is C=CC(=C)c1ccccc1.CP(C)(C)=NC1=CC=CC1.[Ti]. The molecule has 0 saturated carbocycles. The molecule has 1 nitrogen and oxygen atoms in total. The topological polar surface area (TPSA) is 12.4 Å². The molecule has 0 N–H and O–H groups in total. The molecule has 0 bridgehead atoms. The van der Waals surface area contributed by atoms with Crippen molar-refractivity contribution in [3.8, 4) is 0 Å². The van der Waals surface area contributed by atoms with E-state index in [9.17, 15) is 0 Å². The van der Waals surface area contributed by atoms with E-state index in [1.54, 1.807) is 6.08 Å². The first-order valence-corrected chi connectivity index (χ1v) is 9.78. The second-order valence-electron chi connectivity index (χ2n) is 5.43. The summed E-state index contributed by atoms with van der Waals surface area (Å²) in [6, 6.07) is 10.0. The van der Waals surface area contributed by atoms with Crippen LogP contribution in [-0.4, -0.2) is 20.0 Å². The fraction of sp³-hybridized carbons (Fsp3) is 0.222. The third-order valence-electron chi connectivity index (χ3n) is 2.57. The molecule has 21 heavy (non-hydrogen) atoms. The quantitative estimate of drug-likeness (QED) is 0.376. The maximum atomic E-state index is 4.62. The van der Waals surface area contributed by atoms with Gasteiger partial charge in [-0.1, -0.05) is 61.7 Å². The second kappa shape index (κ2) is 9.95. The number of nitrogens with zero attached hydrogens (tertiary/aromatic N) is 1. The summed E-state index contributed by atoms with van der Waals surface area (Å²) in [7, 11) is -0.948. The van der Waals surface area contributed by atoms with Crippen molar-refractivity contribution < 1.29 is 21.7 Å². The largest absolute Gasteiger partial charge is 0.272 e. The van der Waals surface area contributed by atoms with Crippen molar-refractivity contribution in [3.63, 3.8) is 0 Å². The monoisotopic (exact) mass is 333 g/mol. The van der Waals surface area contributed by atoms with Crippen LogP contribution in [0.25, 0.3) is 5.57 Å². The molecule has 0 fully saturated rings. The maximum absolute atomic E-state index is 4.62. The van der Waals surface area contributed by atoms with Crippen LogP contribution in [0.5, 0.6) is 0 Å². The van der Waals surface area contributed by atoms with E-state index in [0.29, 0.717) is 0 Å². The van der Waals surface area contributed by atoms with Crippen LogP contribution in [0.1, 0.15) is 12.0 Å². The molecule has 0 heterocycles. The van der Waals surface area contributed by atoms with E-state index >= 15 is 0 Å². The number of allylic oxidation sites excluding steroid dienone is 5. The van der Waals surface area contributed by atoms with E-state index in [1.807, 2.05) is 30.3 Å². The minimum Gasteiger partial charge on any atom is -0.272 e. The van der Waals surface area contributed by atoms with Gasteiger partial charge in [0.25, 0.3) is 0 Å². The van der Waals surface area contributed by atoms with Gasteiger partial charge in [-0.2, -0.15) is 0 Å². The number of hydrogen-bond donors (Lipinski definition) is 0. The first-order chi connectivity index (χ1) is 9.42. The van der Waals surface area contributed by atoms with E-state index in [-0.39, 0.29) is 21.7 Å². The van der Waals surface area contributed by atoms with Gasteiger partial charge in [-0.3, -0.25) is 4.74 Å². The van der Waals surface area contributed by atoms with Gasteiger partial charge in [-0.25, -0.2) is 0 Å². The zero-order chi connectivity index (χ0) is 15.0. The fourth-order valence-electron chi connectivity index (χ4n) is 1.67. The van der Waals surface area contributed by atoms with E-state index < -0.39 is 7.05 Å². The molecule has 0 amide bonds. The van der Waals surface area contributed by atoms with Crippen LogP contribution in [0, 0.1) is 0 Å². The fourth-order valence-corrected chi connectivity index (χ4v) is 2.58. The van der Waals surface area contributed by atoms with Gasteiger partial charge in [0, 0.05) is 33.8 Å². The molecule has 1 aromatic carbocycles. The molecule has 0 aromatic heterocycles. The van der Waals surface area contributed by atoms with Gasteiger partial charge in [0.2, 0.25) is 0 Å². The van der Waals surface area contributed by atoms with Crippen LogP contribution in [0.4, 0.5) is 0 Å². The average molecular weight is 333 g/mol. The third-order valence-corrected chi connectivity index (χ3v) is 3.43. The molecular weight excluding hydrogens is 309 g/mol. The molecule has 1 aliphatic rings. The van der Waals surface area contributed by atoms with Crippen LogP contribution in [0.2, 0.25) is 0 Å². The standard InChI is InChI=1S/C10H10.C8H14NP.Ti/c1-3-9(2)10-7-5-4-6-8-10;1-10(2,3)9-8-6-4-5-7-8;/h3-8H,1-2H2;4-6H,7H2,1-3H3;. The van der Waals surface area contributed by atoms with Crippen molar-refractivity contribution in [2.45, 2.75) is 6.42 Å². The first kappa shape index (κ1) is 20.1. The molecule has 2 rings (SSSR count). The third kappa shape index (κ3) is 8.88. The summed E-state index contributed by atoms with van der Waals surface area (Å²) in [5.41, 5.74) is 3.36. The van der Waals surface area contributed by atoms with Crippen molar-refractivity contribution in [3.05, 3.63) is 79.1 Å². The summed E-state index contributed by atoms with van der Waals surface area (Å²) in [6.07, 6.45) is 9.13. The van der Waals surface area contributed by atoms with Crippen molar-refractivity contribution in [2.24, 2.45) is 4.74 Å². The Labute approximate surface area is 144 Å². The molecule has 0 aliphatic heterocycles. The first-order valence-electron chi connectivity index (χ1n) is 6.69. The Morgan fingerprint density at radius 1 is 1.19 bits per heavy atom. The molecule has 0 saturated heterocycles. The smallest absolute Gasteiger partial charge is 0.0424 e. The normalized spacial score (nSPS) is 12.4. The zero-order valence-corrected chi connectivity index (χ0v) is 15.7. The van der Waals surface area contributed by atoms with Crippen LogP contribution in [0.3, 0.4) is 0 Å². The Kier molecular flexibility index (Phi) is 9.54. The molecule has 1 aromatic rings. The Morgan fingerprint density at radius 3 is 2.24 bits per heavy atom. The summed E-state index contributed by atoms with van der Waals surface area (Å²) >= 11 is 0. The van der Waals surface area contributed by atoms with Gasteiger partial charge in [-0.05, 0) is 44.3 Å². The summed E-state index contributed by atoms with van der Waals surface area (Å²) < 4.78 is 4.62. The maximum Gasteiger partial charge on any atom is 0.0424 e. The average Bonchev–Trinajstić information content (AvgIpc) is 2.90. The molecule has 0 unspecified atom stereocenters. The van der Waals surface area contributed by atoms with Crippen LogP contribution < -0.4 is 0 Å². The summed E-state index contributed by atoms with van der Waals surface area (Å²) in [4.78, 5) is 0. The van der Waals surface area contributed by atoms with Crippen LogP contribution >= 0.6 is 7.05 Å². The van der Waals surface area contributed by atoms with Gasteiger partial charge < -0.3 is 0 Å². The Morgan fingerprint density at radius 2 is 1.81 bits per heavy atom. The minimum absolute atomic E-state index is 0. The van der Waals surface area contributed by atoms with Crippen LogP contribution in [0.15, 0.2) is 78.2 Å². The molecule has 0 spiro atoms. The summed E-state index contributed by atoms with van der Waals surface area (Å²) in [5, 5.41) is 0. The predicted octanol–water partition coefficient (Wildman–Crippen LogP) is 5.80. The molecular formula is C18H24NPTi. The van der Waals surface area contributed by atoms with Gasteiger partial charge in [0.05, 0.1) is 0 Å². The Bertz CT molecular complexity index is 568. The summed E-state index contributed by atoms with van der Waals surface area (Å²) in [5.74, 6) is 0. The molecule has 110 valence electrons. The number of rotatable bonds is 3. The van der Waals surface area contributed by atoms with Crippen molar-refractivity contribution in [1.29, 1.82) is 0 Å². The number of hydrogen-bond acceptors (Lipinski definition) is 1. The van der Waals surface area contributed by atoms with E-state index in [0.717, 1.165) is 17.6 Å².